The Balaban J connectivity index is 1.66. The highest BCUT2D eigenvalue weighted by molar-refractivity contribution is 6.08. The van der Waals surface area contributed by atoms with Crippen molar-refractivity contribution in [3.05, 3.63) is 112 Å². The molecule has 0 N–H and O–H groups in total. The lowest BCUT2D eigenvalue weighted by atomic mass is 9.85. The van der Waals surface area contributed by atoms with Gasteiger partial charge in [0.25, 0.3) is 0 Å². The summed E-state index contributed by atoms with van der Waals surface area (Å²) >= 11 is 0. The number of fused-ring (bicyclic) bond motifs is 6. The first-order valence-electron chi connectivity index (χ1n) is 12.0. The first-order chi connectivity index (χ1) is 16.4. The van der Waals surface area contributed by atoms with E-state index in [2.05, 4.69) is 112 Å². The predicted molar refractivity (Wildman–Crippen MR) is 143 cm³/mol. The molecule has 0 fully saturated rings. The molecule has 0 spiro atoms. The Bertz CT molecular complexity index is 1470. The number of aryl methyl sites for hydroxylation is 5. The summed E-state index contributed by atoms with van der Waals surface area (Å²) in [7, 11) is 0. The Kier molecular flexibility index (Phi) is 4.67. The number of hydrogen-bond donors (Lipinski definition) is 0. The van der Waals surface area contributed by atoms with Crippen LogP contribution in [0.25, 0.3) is 33.7 Å². The Morgan fingerprint density at radius 2 is 1.26 bits per heavy atom. The van der Waals surface area contributed by atoms with Gasteiger partial charge >= 0.3 is 0 Å². The third kappa shape index (κ3) is 3.02. The smallest absolute Gasteiger partial charge is 0.165 e. The second-order valence-corrected chi connectivity index (χ2v) is 9.69. The van der Waals surface area contributed by atoms with E-state index in [1.165, 1.54) is 72.6 Å². The highest BCUT2D eigenvalue weighted by Gasteiger charge is 2.36. The van der Waals surface area contributed by atoms with Gasteiger partial charge in [-0.1, -0.05) is 60.2 Å². The van der Waals surface area contributed by atoms with Gasteiger partial charge in [-0.05, 0) is 91.8 Å². The molecule has 0 amide bonds. The summed E-state index contributed by atoms with van der Waals surface area (Å²) in [6.45, 7) is 11.5. The minimum atomic E-state index is 0.534. The second kappa shape index (κ2) is 7.63. The predicted octanol–water partition coefficient (Wildman–Crippen LogP) is 8.20. The molecule has 2 nitrogen and oxygen atoms in total. The Morgan fingerprint density at radius 3 is 1.94 bits per heavy atom. The zero-order valence-electron chi connectivity index (χ0n) is 20.5. The van der Waals surface area contributed by atoms with Gasteiger partial charge in [0.15, 0.2) is 12.5 Å². The average molecular weight is 444 g/mol. The van der Waals surface area contributed by atoms with E-state index in [4.69, 9.17) is 4.74 Å². The lowest BCUT2D eigenvalue weighted by Crippen LogP contribution is -2.22. The van der Waals surface area contributed by atoms with Crippen molar-refractivity contribution in [2.45, 2.75) is 34.6 Å². The van der Waals surface area contributed by atoms with Crippen molar-refractivity contribution in [2.24, 2.45) is 0 Å². The van der Waals surface area contributed by atoms with Crippen molar-refractivity contribution >= 4 is 17.1 Å². The van der Waals surface area contributed by atoms with E-state index in [1.54, 1.807) is 0 Å². The van der Waals surface area contributed by atoms with Crippen LogP contribution >= 0.6 is 0 Å². The molecule has 0 unspecified atom stereocenters. The molecular formula is C32H29NO. The van der Waals surface area contributed by atoms with Crippen molar-refractivity contribution in [3.8, 4) is 22.3 Å². The van der Waals surface area contributed by atoms with Gasteiger partial charge in [0.05, 0.1) is 11.4 Å². The van der Waals surface area contributed by atoms with Gasteiger partial charge < -0.3 is 9.64 Å². The molecule has 0 bridgehead atoms. The molecule has 6 rings (SSSR count). The SMILES string of the molecule is Cc1ccc2c(c1)-c1cc(-c3c(C)cccc3C)ccc1C1=C(c3c(C)cccc3C)OCN12. The van der Waals surface area contributed by atoms with Gasteiger partial charge in [0, 0.05) is 16.7 Å². The molecule has 0 radical (unpaired) electrons. The van der Waals surface area contributed by atoms with Crippen LogP contribution in [0.15, 0.2) is 72.8 Å². The summed E-state index contributed by atoms with van der Waals surface area (Å²) in [5.41, 5.74) is 16.4. The molecule has 0 saturated carbocycles. The first-order valence-corrected chi connectivity index (χ1v) is 12.0. The fraction of sp³-hybridized carbons (Fsp3) is 0.188. The van der Waals surface area contributed by atoms with Crippen LogP contribution in [0.5, 0.6) is 0 Å². The third-order valence-electron chi connectivity index (χ3n) is 7.31. The molecule has 2 aliphatic rings. The second-order valence-electron chi connectivity index (χ2n) is 9.69. The quantitative estimate of drug-likeness (QED) is 0.310. The molecular weight excluding hydrogens is 414 g/mol. The number of anilines is 1. The Labute approximate surface area is 202 Å². The number of benzene rings is 4. The van der Waals surface area contributed by atoms with E-state index in [0.717, 1.165) is 5.76 Å². The van der Waals surface area contributed by atoms with Crippen LogP contribution in [0, 0.1) is 34.6 Å². The van der Waals surface area contributed by atoms with Gasteiger partial charge in [-0.15, -0.1) is 0 Å². The van der Waals surface area contributed by atoms with Crippen LogP contribution in [0.2, 0.25) is 0 Å². The Hall–Kier alpha value is -3.78. The normalized spacial score (nSPS) is 14.0. The van der Waals surface area contributed by atoms with Crippen molar-refractivity contribution in [1.29, 1.82) is 0 Å². The largest absolute Gasteiger partial charge is 0.470 e. The lowest BCUT2D eigenvalue weighted by Gasteiger charge is -2.31. The number of rotatable bonds is 2. The summed E-state index contributed by atoms with van der Waals surface area (Å²) in [5.74, 6) is 0.989. The number of ether oxygens (including phenoxy) is 1. The summed E-state index contributed by atoms with van der Waals surface area (Å²) in [6.07, 6.45) is 0. The van der Waals surface area contributed by atoms with Crippen LogP contribution in [0.1, 0.15) is 38.9 Å². The van der Waals surface area contributed by atoms with Crippen molar-refractivity contribution in [1.82, 2.24) is 0 Å². The molecule has 4 aromatic rings. The lowest BCUT2D eigenvalue weighted by molar-refractivity contribution is 0.307. The van der Waals surface area contributed by atoms with Gasteiger partial charge in [-0.3, -0.25) is 0 Å². The van der Waals surface area contributed by atoms with Crippen LogP contribution in [0.3, 0.4) is 0 Å². The molecule has 2 heterocycles. The van der Waals surface area contributed by atoms with Crippen LogP contribution in [0.4, 0.5) is 5.69 Å². The fourth-order valence-corrected chi connectivity index (χ4v) is 5.71. The van der Waals surface area contributed by atoms with E-state index in [1.807, 2.05) is 0 Å². The van der Waals surface area contributed by atoms with E-state index in [-0.39, 0.29) is 0 Å². The highest BCUT2D eigenvalue weighted by Crippen LogP contribution is 2.51. The van der Waals surface area contributed by atoms with Gasteiger partial charge in [0.2, 0.25) is 0 Å². The third-order valence-corrected chi connectivity index (χ3v) is 7.31. The molecule has 0 atom stereocenters. The van der Waals surface area contributed by atoms with Gasteiger partial charge in [-0.25, -0.2) is 0 Å². The highest BCUT2D eigenvalue weighted by atomic mass is 16.5. The zero-order valence-corrected chi connectivity index (χ0v) is 20.5. The number of nitrogens with zero attached hydrogens (tertiary/aromatic N) is 1. The monoisotopic (exact) mass is 443 g/mol. The molecule has 2 heteroatoms. The van der Waals surface area contributed by atoms with E-state index in [0.29, 0.717) is 6.73 Å². The van der Waals surface area contributed by atoms with Crippen LogP contribution in [-0.2, 0) is 4.74 Å². The Morgan fingerprint density at radius 1 is 0.618 bits per heavy atom. The summed E-state index contributed by atoms with van der Waals surface area (Å²) in [4.78, 5) is 2.34. The maximum Gasteiger partial charge on any atom is 0.165 e. The maximum absolute atomic E-state index is 6.45. The van der Waals surface area contributed by atoms with Crippen molar-refractivity contribution in [3.63, 3.8) is 0 Å². The molecule has 0 aromatic heterocycles. The minimum Gasteiger partial charge on any atom is -0.470 e. The van der Waals surface area contributed by atoms with Crippen LogP contribution < -0.4 is 4.90 Å². The summed E-state index contributed by atoms with van der Waals surface area (Å²) in [6, 6.07) is 26.7. The van der Waals surface area contributed by atoms with E-state index < -0.39 is 0 Å². The standard InChI is InChI=1S/C32H29NO/c1-19-12-15-28-27(16-19)26-17-24(29-20(2)8-6-9-21(29)3)13-14-25(26)31-32(34-18-33(28)31)30-22(4)10-7-11-23(30)5/h6-17H,18H2,1-5H3. The summed E-state index contributed by atoms with van der Waals surface area (Å²) in [5, 5.41) is 0. The maximum atomic E-state index is 6.45. The molecule has 168 valence electrons. The average Bonchev–Trinajstić information content (AvgIpc) is 3.24. The molecule has 34 heavy (non-hydrogen) atoms. The first kappa shape index (κ1) is 20.8. The molecule has 0 saturated heterocycles. The van der Waals surface area contributed by atoms with Gasteiger partial charge in [0.1, 0.15) is 0 Å². The van der Waals surface area contributed by atoms with Gasteiger partial charge in [-0.2, -0.15) is 0 Å². The van der Waals surface area contributed by atoms with E-state index >= 15 is 0 Å². The fourth-order valence-electron chi connectivity index (χ4n) is 5.71. The zero-order chi connectivity index (χ0) is 23.6. The molecule has 0 aliphatic carbocycles. The molecule has 2 aliphatic heterocycles. The van der Waals surface area contributed by atoms with E-state index in [9.17, 15) is 0 Å². The van der Waals surface area contributed by atoms with Crippen molar-refractivity contribution in [2.75, 3.05) is 11.6 Å². The number of hydrogen-bond acceptors (Lipinski definition) is 2. The molecule has 4 aromatic carbocycles. The van der Waals surface area contributed by atoms with Crippen molar-refractivity contribution < 1.29 is 4.74 Å². The topological polar surface area (TPSA) is 12.5 Å². The minimum absolute atomic E-state index is 0.534. The van der Waals surface area contributed by atoms with Crippen LogP contribution in [-0.4, -0.2) is 6.73 Å². The summed E-state index contributed by atoms with van der Waals surface area (Å²) < 4.78 is 6.45.